The molecule has 0 saturated carbocycles. The van der Waals surface area contributed by atoms with Gasteiger partial charge in [0.05, 0.1) is 19.3 Å². The van der Waals surface area contributed by atoms with Gasteiger partial charge in [-0.3, -0.25) is 0 Å². The fraction of sp³-hybridized carbons (Fsp3) is 1.00. The molecule has 3 nitrogen and oxygen atoms in total. The molecule has 0 bridgehead atoms. The Morgan fingerprint density at radius 3 is 2.69 bits per heavy atom. The van der Waals surface area contributed by atoms with Crippen molar-refractivity contribution < 1.29 is 14.2 Å². The second kappa shape index (κ2) is 3.56. The van der Waals surface area contributed by atoms with Crippen LogP contribution in [0.3, 0.4) is 0 Å². The van der Waals surface area contributed by atoms with Gasteiger partial charge in [0.1, 0.15) is 0 Å². The van der Waals surface area contributed by atoms with Crippen LogP contribution < -0.4 is 0 Å². The third-order valence-corrected chi connectivity index (χ3v) is 2.73. The molecule has 2 atom stereocenters. The Morgan fingerprint density at radius 2 is 2.15 bits per heavy atom. The number of hydrogen-bond donors (Lipinski definition) is 0. The number of hydrogen-bond acceptors (Lipinski definition) is 3. The van der Waals surface area contributed by atoms with E-state index in [-0.39, 0.29) is 11.7 Å². The van der Waals surface area contributed by atoms with E-state index in [1.165, 1.54) is 0 Å². The highest BCUT2D eigenvalue weighted by molar-refractivity contribution is 4.86. The van der Waals surface area contributed by atoms with Crippen LogP contribution >= 0.6 is 0 Å². The Bertz CT molecular complexity index is 169. The molecular weight excluding hydrogens is 168 g/mol. The molecule has 0 aromatic rings. The lowest BCUT2D eigenvalue weighted by Crippen LogP contribution is -2.28. The molecule has 0 spiro atoms. The molecule has 2 aliphatic heterocycles. The average molecular weight is 186 g/mol. The first kappa shape index (κ1) is 9.44. The lowest BCUT2D eigenvalue weighted by Gasteiger charge is -2.23. The standard InChI is InChI=1S/C10H18O3/c1-10(2,8-6-12-8)7-13-9-4-3-5-11-9/h8-9H,3-7H2,1-2H3. The third-order valence-electron chi connectivity index (χ3n) is 2.73. The summed E-state index contributed by atoms with van der Waals surface area (Å²) in [5, 5.41) is 0. The molecule has 0 aromatic heterocycles. The molecule has 2 fully saturated rings. The van der Waals surface area contributed by atoms with E-state index in [4.69, 9.17) is 14.2 Å². The summed E-state index contributed by atoms with van der Waals surface area (Å²) >= 11 is 0. The summed E-state index contributed by atoms with van der Waals surface area (Å²) in [6, 6.07) is 0. The molecule has 76 valence electrons. The Balaban J connectivity index is 1.70. The Morgan fingerprint density at radius 1 is 1.38 bits per heavy atom. The van der Waals surface area contributed by atoms with Crippen molar-refractivity contribution in [1.82, 2.24) is 0 Å². The van der Waals surface area contributed by atoms with Crippen LogP contribution in [0.2, 0.25) is 0 Å². The van der Waals surface area contributed by atoms with Crippen molar-refractivity contribution in [2.45, 2.75) is 39.1 Å². The van der Waals surface area contributed by atoms with Gasteiger partial charge in [-0.05, 0) is 6.42 Å². The molecule has 0 aromatic carbocycles. The van der Waals surface area contributed by atoms with Gasteiger partial charge in [-0.15, -0.1) is 0 Å². The van der Waals surface area contributed by atoms with Crippen LogP contribution in [0.25, 0.3) is 0 Å². The van der Waals surface area contributed by atoms with Gasteiger partial charge in [-0.25, -0.2) is 0 Å². The van der Waals surface area contributed by atoms with Gasteiger partial charge in [0.15, 0.2) is 6.29 Å². The number of rotatable bonds is 4. The first-order valence-corrected chi connectivity index (χ1v) is 5.03. The van der Waals surface area contributed by atoms with E-state index in [0.29, 0.717) is 6.10 Å². The molecule has 2 aliphatic rings. The fourth-order valence-electron chi connectivity index (χ4n) is 1.58. The van der Waals surface area contributed by atoms with Crippen LogP contribution in [0.4, 0.5) is 0 Å². The van der Waals surface area contributed by atoms with Gasteiger partial charge in [-0.2, -0.15) is 0 Å². The zero-order valence-corrected chi connectivity index (χ0v) is 8.41. The predicted octanol–water partition coefficient (Wildman–Crippen LogP) is 1.56. The zero-order valence-electron chi connectivity index (χ0n) is 8.41. The van der Waals surface area contributed by atoms with E-state index < -0.39 is 0 Å². The van der Waals surface area contributed by atoms with Gasteiger partial charge < -0.3 is 14.2 Å². The molecule has 2 saturated heterocycles. The van der Waals surface area contributed by atoms with E-state index in [2.05, 4.69) is 13.8 Å². The summed E-state index contributed by atoms with van der Waals surface area (Å²) in [5.74, 6) is 0. The van der Waals surface area contributed by atoms with Gasteiger partial charge in [-0.1, -0.05) is 13.8 Å². The minimum Gasteiger partial charge on any atom is -0.372 e. The van der Waals surface area contributed by atoms with Gasteiger partial charge >= 0.3 is 0 Å². The first-order valence-electron chi connectivity index (χ1n) is 5.03. The Labute approximate surface area is 79.4 Å². The molecule has 2 unspecified atom stereocenters. The molecule has 2 heterocycles. The molecule has 0 amide bonds. The van der Waals surface area contributed by atoms with E-state index in [1.807, 2.05) is 0 Å². The van der Waals surface area contributed by atoms with Gasteiger partial charge in [0.2, 0.25) is 0 Å². The van der Waals surface area contributed by atoms with Crippen LogP contribution in [0.1, 0.15) is 26.7 Å². The Hall–Kier alpha value is -0.120. The second-order valence-electron chi connectivity index (χ2n) is 4.56. The normalized spacial score (nSPS) is 33.7. The van der Waals surface area contributed by atoms with E-state index in [1.54, 1.807) is 0 Å². The number of ether oxygens (including phenoxy) is 3. The maximum absolute atomic E-state index is 5.67. The van der Waals surface area contributed by atoms with Crippen molar-refractivity contribution in [2.24, 2.45) is 5.41 Å². The summed E-state index contributed by atoms with van der Waals surface area (Å²) < 4.78 is 16.3. The highest BCUT2D eigenvalue weighted by Crippen LogP contribution is 2.33. The van der Waals surface area contributed by atoms with Gasteiger partial charge in [0, 0.05) is 18.4 Å². The van der Waals surface area contributed by atoms with Crippen molar-refractivity contribution in [1.29, 1.82) is 0 Å². The molecule has 0 radical (unpaired) electrons. The summed E-state index contributed by atoms with van der Waals surface area (Å²) in [5.41, 5.74) is 0.145. The van der Waals surface area contributed by atoms with Crippen molar-refractivity contribution in [3.8, 4) is 0 Å². The van der Waals surface area contributed by atoms with Crippen LogP contribution in [0, 0.1) is 5.41 Å². The van der Waals surface area contributed by atoms with E-state index >= 15 is 0 Å². The van der Waals surface area contributed by atoms with E-state index in [9.17, 15) is 0 Å². The second-order valence-corrected chi connectivity index (χ2v) is 4.56. The summed E-state index contributed by atoms with van der Waals surface area (Å²) in [4.78, 5) is 0. The Kier molecular flexibility index (Phi) is 2.58. The van der Waals surface area contributed by atoms with Crippen molar-refractivity contribution >= 4 is 0 Å². The lowest BCUT2D eigenvalue weighted by atomic mass is 9.91. The van der Waals surface area contributed by atoms with Crippen molar-refractivity contribution in [3.63, 3.8) is 0 Å². The fourth-order valence-corrected chi connectivity index (χ4v) is 1.58. The molecule has 0 N–H and O–H groups in total. The molecule has 13 heavy (non-hydrogen) atoms. The van der Waals surface area contributed by atoms with E-state index in [0.717, 1.165) is 32.7 Å². The molecule has 3 heteroatoms. The highest BCUT2D eigenvalue weighted by atomic mass is 16.7. The summed E-state index contributed by atoms with van der Waals surface area (Å²) in [6.45, 7) is 6.84. The molecular formula is C10H18O3. The topological polar surface area (TPSA) is 31.0 Å². The quantitative estimate of drug-likeness (QED) is 0.624. The minimum atomic E-state index is 0.0398. The maximum Gasteiger partial charge on any atom is 0.157 e. The average Bonchev–Trinajstić information content (AvgIpc) is 2.82. The molecule has 0 aliphatic carbocycles. The summed E-state index contributed by atoms with van der Waals surface area (Å²) in [6.07, 6.45) is 2.61. The largest absolute Gasteiger partial charge is 0.372 e. The third kappa shape index (κ3) is 2.42. The predicted molar refractivity (Wildman–Crippen MR) is 48.4 cm³/mol. The maximum atomic E-state index is 5.67. The minimum absolute atomic E-state index is 0.0398. The number of epoxide rings is 1. The first-order chi connectivity index (χ1) is 6.18. The van der Waals surface area contributed by atoms with Crippen LogP contribution in [0.15, 0.2) is 0 Å². The highest BCUT2D eigenvalue weighted by Gasteiger charge is 2.40. The summed E-state index contributed by atoms with van der Waals surface area (Å²) in [7, 11) is 0. The van der Waals surface area contributed by atoms with Crippen molar-refractivity contribution in [3.05, 3.63) is 0 Å². The monoisotopic (exact) mass is 186 g/mol. The zero-order chi connectivity index (χ0) is 9.31. The van der Waals surface area contributed by atoms with Crippen LogP contribution in [-0.2, 0) is 14.2 Å². The van der Waals surface area contributed by atoms with Crippen LogP contribution in [0.5, 0.6) is 0 Å². The SMILES string of the molecule is CC(C)(COC1CCCO1)C1CO1. The lowest BCUT2D eigenvalue weighted by molar-refractivity contribution is -0.132. The van der Waals surface area contributed by atoms with Crippen molar-refractivity contribution in [2.75, 3.05) is 19.8 Å². The molecule has 2 rings (SSSR count). The smallest absolute Gasteiger partial charge is 0.157 e. The van der Waals surface area contributed by atoms with Gasteiger partial charge in [0.25, 0.3) is 0 Å². The van der Waals surface area contributed by atoms with Crippen LogP contribution in [-0.4, -0.2) is 32.2 Å².